The molecule has 0 N–H and O–H groups in total. The second kappa shape index (κ2) is 30.3. The number of anilines is 2. The van der Waals surface area contributed by atoms with Crippen LogP contribution in [0, 0.1) is 5.82 Å². The maximum atomic E-state index is 16.4. The van der Waals surface area contributed by atoms with Crippen molar-refractivity contribution in [2.75, 3.05) is 53.2 Å². The molecule has 3 heterocycles. The molecule has 3 aliphatic heterocycles. The van der Waals surface area contributed by atoms with E-state index in [1.54, 1.807) is 47.4 Å². The van der Waals surface area contributed by atoms with Crippen molar-refractivity contribution in [3.63, 3.8) is 0 Å². The molecule has 1 aliphatic carbocycles. The number of nitrogens with zero attached hydrogens (tertiary/aromatic N) is 4. The minimum Gasteiger partial charge on any atom is -0.748 e. The number of hydroxylamine groups is 2. The van der Waals surface area contributed by atoms with Crippen molar-refractivity contribution < 1.29 is 169 Å². The van der Waals surface area contributed by atoms with E-state index >= 15 is 4.39 Å². The van der Waals surface area contributed by atoms with Gasteiger partial charge in [0, 0.05) is 108 Å². The number of imide groups is 1. The van der Waals surface area contributed by atoms with Gasteiger partial charge >= 0.3 is 94.6 Å². The third-order valence-electron chi connectivity index (χ3n) is 15.8. The molecule has 0 atom stereocenters. The minimum atomic E-state index is -4.77. The second-order valence-electron chi connectivity index (χ2n) is 22.4. The molecule has 1 saturated heterocycles. The monoisotopic (exact) mass is 1300 g/mol. The Morgan fingerprint density at radius 1 is 0.701 bits per heavy atom. The maximum absolute atomic E-state index is 16.4. The van der Waals surface area contributed by atoms with Gasteiger partial charge in [0.05, 0.1) is 40.7 Å². The molecular weight excluding hydrogens is 1240 g/mol. The van der Waals surface area contributed by atoms with Crippen LogP contribution in [0.3, 0.4) is 0 Å². The van der Waals surface area contributed by atoms with Crippen LogP contribution in [0.4, 0.5) is 21.5 Å². The molecule has 4 aromatic carbocycles. The van der Waals surface area contributed by atoms with Gasteiger partial charge in [0.25, 0.3) is 11.8 Å². The number of benzene rings is 4. The van der Waals surface area contributed by atoms with Crippen LogP contribution in [0.1, 0.15) is 121 Å². The molecule has 1 fully saturated rings. The van der Waals surface area contributed by atoms with E-state index in [0.29, 0.717) is 83.7 Å². The van der Waals surface area contributed by atoms with Crippen molar-refractivity contribution >= 4 is 97.4 Å². The van der Waals surface area contributed by atoms with E-state index in [0.717, 1.165) is 39.1 Å². The molecule has 28 heteroatoms. The average Bonchev–Trinajstić information content (AvgIpc) is 1.64. The third kappa shape index (κ3) is 18.4. The molecule has 87 heavy (non-hydrogen) atoms. The Bertz CT molecular complexity index is 3890. The molecule has 0 spiro atoms. The van der Waals surface area contributed by atoms with Gasteiger partial charge in [-0.15, -0.1) is 5.06 Å². The Hall–Kier alpha value is -3.45. The first kappa shape index (κ1) is 74.3. The summed E-state index contributed by atoms with van der Waals surface area (Å²) in [5.74, 6) is -4.32. The van der Waals surface area contributed by atoms with Crippen molar-refractivity contribution in [1.29, 1.82) is 0 Å². The summed E-state index contributed by atoms with van der Waals surface area (Å²) < 4.78 is 160. The minimum absolute atomic E-state index is 0. The fourth-order valence-corrected chi connectivity index (χ4v) is 13.8. The zero-order chi connectivity index (χ0) is 61.2. The number of fused-ring (bicyclic) bond motifs is 4. The SMILES string of the molecule is CC1(C)C(/C=C/C2=C(c3ccccc3F)C(=C/C=C3\N(CCCS(=O)(=O)[O-])c4ccc(N(CCCS(=O)(=O)[O-])CCCS(=O)(=O)[O-])cc4C3(C)C)/CCC2)=[N+](CCCCCC(=O)ON2C(=O)CCC2=O)c2ccc3cc(S(=O)(=O)[O-])ccc3c21.[Na+].[Na+].[Na+]. The number of amides is 2. The molecule has 0 saturated carbocycles. The van der Waals surface area contributed by atoms with E-state index in [-0.39, 0.29) is 152 Å². The Kier molecular flexibility index (Phi) is 25.9. The van der Waals surface area contributed by atoms with Crippen LogP contribution in [0.15, 0.2) is 119 Å². The van der Waals surface area contributed by atoms with E-state index in [4.69, 9.17) is 4.84 Å². The van der Waals surface area contributed by atoms with Crippen LogP contribution in [0.2, 0.25) is 0 Å². The van der Waals surface area contributed by atoms with Gasteiger partial charge in [-0.3, -0.25) is 9.59 Å². The summed E-state index contributed by atoms with van der Waals surface area (Å²) in [6, 6.07) is 19.7. The summed E-state index contributed by atoms with van der Waals surface area (Å²) in [7, 11) is -18.5. The summed E-state index contributed by atoms with van der Waals surface area (Å²) in [6.07, 6.45) is 10.7. The van der Waals surface area contributed by atoms with Gasteiger partial charge in [0.2, 0.25) is 5.69 Å². The van der Waals surface area contributed by atoms with Gasteiger partial charge in [-0.05, 0) is 147 Å². The summed E-state index contributed by atoms with van der Waals surface area (Å²) in [4.78, 5) is 45.1. The molecule has 8 rings (SSSR count). The second-order valence-corrected chi connectivity index (χ2v) is 28.4. The van der Waals surface area contributed by atoms with Gasteiger partial charge in [0.15, 0.2) is 5.71 Å². The number of hydrogen-bond acceptors (Lipinski definition) is 18. The van der Waals surface area contributed by atoms with Gasteiger partial charge < -0.3 is 32.8 Å². The van der Waals surface area contributed by atoms with Crippen LogP contribution < -0.4 is 98.5 Å². The number of allylic oxidation sites excluding steroid dienone is 8. The summed E-state index contributed by atoms with van der Waals surface area (Å²) in [6.45, 7) is 8.58. The molecule has 0 aromatic heterocycles. The molecule has 0 unspecified atom stereocenters. The quantitative estimate of drug-likeness (QED) is 0.0249. The molecule has 2 amide bonds. The fraction of sp³-hybridized carbons (Fsp3) is 0.424. The van der Waals surface area contributed by atoms with Gasteiger partial charge in [-0.2, -0.15) is 4.58 Å². The van der Waals surface area contributed by atoms with Crippen LogP contribution in [-0.4, -0.2) is 128 Å². The van der Waals surface area contributed by atoms with Gasteiger partial charge in [-0.25, -0.2) is 42.9 Å². The van der Waals surface area contributed by atoms with Crippen LogP contribution in [0.25, 0.3) is 16.3 Å². The molecule has 20 nitrogen and oxygen atoms in total. The van der Waals surface area contributed by atoms with E-state index in [1.807, 2.05) is 69.0 Å². The molecule has 452 valence electrons. The van der Waals surface area contributed by atoms with Crippen molar-refractivity contribution in [2.45, 2.75) is 120 Å². The van der Waals surface area contributed by atoms with Crippen LogP contribution in [0.5, 0.6) is 0 Å². The first-order valence-corrected chi connectivity index (χ1v) is 33.8. The smallest absolute Gasteiger partial charge is 0.748 e. The molecule has 0 bridgehead atoms. The number of halogens is 1. The molecule has 0 radical (unpaired) electrons. The standard InChI is InChI=1S/C59H69FN4O16S4.3Na/c1-58(2)47-39-43(61(31-11-35-81(68,69)70)32-12-36-82(71,72)73)22-26-49(47)62(34-13-37-83(74,75)76)51(58)27-20-40-14-10-15-41(56(40)46-16-7-8-17-48(46)60)21-28-52-59(3,4)57-45-24-23-44(84(77,78)79)38-42(45)19-25-50(57)63(52)33-9-5-6-18-55(67)80-64-53(65)29-30-54(64)66;;;/h7-8,16-17,19-28,38-39H,5-6,9-15,18,29-37H2,1-4H3,(H3-,68,69,70,71,72,73,74,75,76,77,78,79);;;/q;3*+1/p-3. The van der Waals surface area contributed by atoms with E-state index < -0.39 is 92.2 Å². The Morgan fingerprint density at radius 2 is 1.33 bits per heavy atom. The number of unbranched alkanes of at least 4 members (excludes halogenated alkanes) is 2. The summed E-state index contributed by atoms with van der Waals surface area (Å²) in [5, 5.41) is 1.79. The normalized spacial score (nSPS) is 17.7. The largest absolute Gasteiger partial charge is 1.00 e. The summed E-state index contributed by atoms with van der Waals surface area (Å²) in [5.41, 5.74) is 6.17. The number of rotatable bonds is 25. The Morgan fingerprint density at radius 3 is 1.95 bits per heavy atom. The van der Waals surface area contributed by atoms with Crippen molar-refractivity contribution in [1.82, 2.24) is 5.06 Å². The molecule has 4 aliphatic rings. The number of carbonyl (C=O) groups excluding carboxylic acids is 3. The van der Waals surface area contributed by atoms with Crippen LogP contribution >= 0.6 is 0 Å². The predicted octanol–water partition coefficient (Wildman–Crippen LogP) is -1.15. The van der Waals surface area contributed by atoms with E-state index in [1.165, 1.54) is 18.2 Å². The average molecular weight is 1300 g/mol. The number of hydrogen-bond donors (Lipinski definition) is 0. The third-order valence-corrected chi connectivity index (χ3v) is 19.0. The Labute approximate surface area is 575 Å². The fourth-order valence-electron chi connectivity index (χ4n) is 11.9. The first-order chi connectivity index (χ1) is 39.3. The van der Waals surface area contributed by atoms with Gasteiger partial charge in [0.1, 0.15) is 22.5 Å². The predicted molar refractivity (Wildman–Crippen MR) is 309 cm³/mol. The Balaban J connectivity index is 0.00000460. The number of carbonyl (C=O) groups is 3. The first-order valence-electron chi connectivity index (χ1n) is 27.6. The topological polar surface area (TPSA) is 302 Å². The van der Waals surface area contributed by atoms with Crippen molar-refractivity contribution in [2.24, 2.45) is 0 Å². The van der Waals surface area contributed by atoms with Gasteiger partial charge in [-0.1, -0.05) is 50.3 Å². The molecule has 4 aromatic rings. The van der Waals surface area contributed by atoms with Crippen molar-refractivity contribution in [3.05, 3.63) is 136 Å². The zero-order valence-electron chi connectivity index (χ0n) is 50.0. The molecular formula is C59H66FN4Na3O16S4. The van der Waals surface area contributed by atoms with E-state index in [9.17, 15) is 66.3 Å². The zero-order valence-corrected chi connectivity index (χ0v) is 59.3. The van der Waals surface area contributed by atoms with Crippen molar-refractivity contribution in [3.8, 4) is 0 Å². The van der Waals surface area contributed by atoms with E-state index in [2.05, 4.69) is 4.58 Å². The summed E-state index contributed by atoms with van der Waals surface area (Å²) >= 11 is 0. The maximum Gasteiger partial charge on any atom is 1.00 e. The van der Waals surface area contributed by atoms with Crippen LogP contribution in [-0.2, 0) is 70.5 Å².